The van der Waals surface area contributed by atoms with Crippen molar-refractivity contribution in [3.05, 3.63) is 83.2 Å². The molecule has 0 aliphatic carbocycles. The Morgan fingerprint density at radius 1 is 1.00 bits per heavy atom. The summed E-state index contributed by atoms with van der Waals surface area (Å²) >= 11 is 1.67. The van der Waals surface area contributed by atoms with Crippen LogP contribution in [-0.2, 0) is 10.0 Å². The van der Waals surface area contributed by atoms with Gasteiger partial charge in [-0.05, 0) is 47.3 Å². The summed E-state index contributed by atoms with van der Waals surface area (Å²) in [6.45, 7) is 0.376. The van der Waals surface area contributed by atoms with Gasteiger partial charge < -0.3 is 14.6 Å². The van der Waals surface area contributed by atoms with Gasteiger partial charge in [0, 0.05) is 22.1 Å². The second-order valence-electron chi connectivity index (χ2n) is 7.71. The average molecular weight is 468 g/mol. The van der Waals surface area contributed by atoms with Gasteiger partial charge in [0.05, 0.1) is 17.4 Å². The van der Waals surface area contributed by atoms with Gasteiger partial charge in [0.25, 0.3) is 0 Å². The van der Waals surface area contributed by atoms with E-state index >= 15 is 0 Å². The molecule has 1 aliphatic rings. The van der Waals surface area contributed by atoms with E-state index in [0.29, 0.717) is 24.5 Å². The molecule has 3 aromatic carbocycles. The highest BCUT2D eigenvalue weighted by Crippen LogP contribution is 2.42. The summed E-state index contributed by atoms with van der Waals surface area (Å²) in [6, 6.07) is 22.0. The Bertz CT molecular complexity index is 1380. The third-order valence-electron chi connectivity index (χ3n) is 5.54. The fraction of sp³-hybridized carbons (Fsp3) is 0.167. The number of hydrogen-bond acceptors (Lipinski definition) is 6. The van der Waals surface area contributed by atoms with E-state index in [1.54, 1.807) is 29.5 Å². The topological polar surface area (TPSA) is 98.9 Å². The van der Waals surface area contributed by atoms with Gasteiger partial charge in [-0.25, -0.2) is 13.6 Å². The van der Waals surface area contributed by atoms with Crippen molar-refractivity contribution in [2.45, 2.75) is 23.3 Å². The number of primary sulfonamides is 1. The van der Waals surface area contributed by atoms with E-state index in [1.807, 2.05) is 24.3 Å². The highest BCUT2D eigenvalue weighted by Gasteiger charge is 2.31. The fourth-order valence-corrected chi connectivity index (χ4v) is 5.80. The molecule has 0 amide bonds. The summed E-state index contributed by atoms with van der Waals surface area (Å²) in [6.07, 6.45) is 0.374. The quantitative estimate of drug-likeness (QED) is 0.456. The zero-order chi connectivity index (χ0) is 22.3. The molecule has 32 heavy (non-hydrogen) atoms. The zero-order valence-corrected chi connectivity index (χ0v) is 18.6. The number of rotatable bonds is 4. The smallest absolute Gasteiger partial charge is 0.238 e. The molecule has 5 rings (SSSR count). The van der Waals surface area contributed by atoms with Crippen LogP contribution < -0.4 is 14.6 Å². The van der Waals surface area contributed by atoms with Gasteiger partial charge in [-0.15, -0.1) is 11.3 Å². The van der Waals surface area contributed by atoms with E-state index in [2.05, 4.69) is 18.2 Å². The van der Waals surface area contributed by atoms with Crippen LogP contribution >= 0.6 is 11.3 Å². The first-order valence-corrected chi connectivity index (χ1v) is 12.5. The SMILES string of the molecule is NS(=O)(=O)c1ccc2c(c1)OCCC([C@@H](c1ccccc1)c1cc3cc(O)ccc3s1)O2. The predicted octanol–water partition coefficient (Wildman–Crippen LogP) is 4.62. The first-order chi connectivity index (χ1) is 15.4. The van der Waals surface area contributed by atoms with Crippen molar-refractivity contribution in [2.24, 2.45) is 5.14 Å². The van der Waals surface area contributed by atoms with Crippen molar-refractivity contribution in [2.75, 3.05) is 6.61 Å². The lowest BCUT2D eigenvalue weighted by Gasteiger charge is -2.26. The van der Waals surface area contributed by atoms with E-state index in [-0.39, 0.29) is 22.7 Å². The summed E-state index contributed by atoms with van der Waals surface area (Å²) in [5.41, 5.74) is 1.11. The standard InChI is InChI=1S/C24H21NO5S2/c25-32(27,28)18-7-8-19-21(14-18)29-11-10-20(30-19)24(15-4-2-1-3-5-15)23-13-16-12-17(26)6-9-22(16)31-23/h1-9,12-14,20,24,26H,10-11H2,(H2,25,27,28)/t20?,24-/m1/s1. The van der Waals surface area contributed by atoms with E-state index in [9.17, 15) is 13.5 Å². The largest absolute Gasteiger partial charge is 0.508 e. The first-order valence-electron chi connectivity index (χ1n) is 10.1. The van der Waals surface area contributed by atoms with Crippen molar-refractivity contribution in [1.82, 2.24) is 0 Å². The minimum Gasteiger partial charge on any atom is -0.508 e. The van der Waals surface area contributed by atoms with E-state index in [4.69, 9.17) is 14.6 Å². The van der Waals surface area contributed by atoms with Crippen molar-refractivity contribution in [3.8, 4) is 17.2 Å². The Balaban J connectivity index is 1.57. The highest BCUT2D eigenvalue weighted by atomic mass is 32.2. The maximum atomic E-state index is 11.7. The van der Waals surface area contributed by atoms with E-state index in [1.165, 1.54) is 12.1 Å². The van der Waals surface area contributed by atoms with Crippen LogP contribution in [0.15, 0.2) is 77.7 Å². The number of thiophene rings is 1. The number of fused-ring (bicyclic) bond motifs is 2. The second-order valence-corrected chi connectivity index (χ2v) is 10.4. The normalized spacial score (nSPS) is 17.1. The first kappa shape index (κ1) is 20.8. The van der Waals surface area contributed by atoms with E-state index < -0.39 is 10.0 Å². The molecular formula is C24H21NO5S2. The maximum absolute atomic E-state index is 11.7. The van der Waals surface area contributed by atoms with Crippen LogP contribution in [0.3, 0.4) is 0 Å². The average Bonchev–Trinajstić information content (AvgIpc) is 3.05. The molecule has 1 aromatic heterocycles. The molecule has 1 unspecified atom stereocenters. The summed E-state index contributed by atoms with van der Waals surface area (Å²) in [5.74, 6) is 1.02. The zero-order valence-electron chi connectivity index (χ0n) is 17.0. The molecule has 164 valence electrons. The van der Waals surface area contributed by atoms with Crippen LogP contribution in [0, 0.1) is 0 Å². The Kier molecular flexibility index (Phi) is 5.28. The summed E-state index contributed by atoms with van der Waals surface area (Å²) in [7, 11) is -3.84. The molecule has 1 aliphatic heterocycles. The van der Waals surface area contributed by atoms with Crippen LogP contribution in [0.2, 0.25) is 0 Å². The molecule has 0 saturated carbocycles. The minimum absolute atomic E-state index is 0.0118. The van der Waals surface area contributed by atoms with Gasteiger partial charge in [0.1, 0.15) is 11.9 Å². The van der Waals surface area contributed by atoms with Crippen LogP contribution in [0.4, 0.5) is 0 Å². The molecule has 4 aromatic rings. The van der Waals surface area contributed by atoms with Crippen molar-refractivity contribution >= 4 is 31.4 Å². The van der Waals surface area contributed by atoms with Gasteiger partial charge in [-0.3, -0.25) is 0 Å². The number of phenolic OH excluding ortho intramolecular Hbond substituents is 1. The third kappa shape index (κ3) is 4.04. The molecule has 0 saturated heterocycles. The second kappa shape index (κ2) is 8.12. The molecule has 0 radical (unpaired) electrons. The predicted molar refractivity (Wildman–Crippen MR) is 124 cm³/mol. The fourth-order valence-electron chi connectivity index (χ4n) is 4.04. The minimum atomic E-state index is -3.84. The van der Waals surface area contributed by atoms with E-state index in [0.717, 1.165) is 20.5 Å². The van der Waals surface area contributed by atoms with Gasteiger partial charge >= 0.3 is 0 Å². The van der Waals surface area contributed by atoms with Crippen LogP contribution in [-0.4, -0.2) is 26.2 Å². The Hall–Kier alpha value is -3.07. The van der Waals surface area contributed by atoms with Gasteiger partial charge in [-0.2, -0.15) is 0 Å². The van der Waals surface area contributed by atoms with Crippen molar-refractivity contribution in [3.63, 3.8) is 0 Å². The molecule has 8 heteroatoms. The monoisotopic (exact) mass is 467 g/mol. The summed E-state index contributed by atoms with van der Waals surface area (Å²) < 4.78 is 36.8. The van der Waals surface area contributed by atoms with Gasteiger partial charge in [0.15, 0.2) is 11.5 Å². The molecule has 0 spiro atoms. The van der Waals surface area contributed by atoms with Crippen molar-refractivity contribution in [1.29, 1.82) is 0 Å². The number of nitrogens with two attached hydrogens (primary N) is 1. The van der Waals surface area contributed by atoms with Crippen LogP contribution in [0.5, 0.6) is 17.2 Å². The third-order valence-corrected chi connectivity index (χ3v) is 7.65. The van der Waals surface area contributed by atoms with Gasteiger partial charge in [0.2, 0.25) is 10.0 Å². The molecular weight excluding hydrogens is 446 g/mol. The number of benzene rings is 3. The molecule has 0 fully saturated rings. The highest BCUT2D eigenvalue weighted by molar-refractivity contribution is 7.89. The molecule has 3 N–H and O–H groups in total. The molecule has 6 nitrogen and oxygen atoms in total. The number of aromatic hydroxyl groups is 1. The van der Waals surface area contributed by atoms with Crippen LogP contribution in [0.1, 0.15) is 22.8 Å². The Morgan fingerprint density at radius 3 is 2.59 bits per heavy atom. The Labute approximate surface area is 189 Å². The summed E-state index contributed by atoms with van der Waals surface area (Å²) in [5, 5.41) is 16.1. The lowest BCUT2D eigenvalue weighted by atomic mass is 9.90. The summed E-state index contributed by atoms with van der Waals surface area (Å²) in [4.78, 5) is 1.11. The number of phenols is 1. The number of sulfonamides is 1. The lowest BCUT2D eigenvalue weighted by Crippen LogP contribution is -2.26. The molecule has 2 atom stereocenters. The maximum Gasteiger partial charge on any atom is 0.238 e. The Morgan fingerprint density at radius 2 is 1.81 bits per heavy atom. The van der Waals surface area contributed by atoms with Gasteiger partial charge in [-0.1, -0.05) is 30.3 Å². The van der Waals surface area contributed by atoms with Crippen LogP contribution in [0.25, 0.3) is 10.1 Å². The lowest BCUT2D eigenvalue weighted by molar-refractivity contribution is 0.174. The number of ether oxygens (including phenoxy) is 2. The number of hydrogen-bond donors (Lipinski definition) is 2. The molecule has 2 heterocycles. The van der Waals surface area contributed by atoms with Crippen molar-refractivity contribution < 1.29 is 23.0 Å². The molecule has 0 bridgehead atoms.